The number of carbonyl (C=O) groups is 1. The van der Waals surface area contributed by atoms with Crippen LogP contribution in [0.15, 0.2) is 52.2 Å². The molecule has 1 amide bonds. The van der Waals surface area contributed by atoms with E-state index >= 15 is 0 Å². The van der Waals surface area contributed by atoms with Crippen LogP contribution in [0.3, 0.4) is 0 Å². The fraction of sp³-hybridized carbons (Fsp3) is 0.368. The van der Waals surface area contributed by atoms with Crippen molar-refractivity contribution in [2.75, 3.05) is 19.6 Å². The Bertz CT molecular complexity index is 782. The lowest BCUT2D eigenvalue weighted by atomic mass is 10.0. The lowest BCUT2D eigenvalue weighted by molar-refractivity contribution is -0.134. The predicted molar refractivity (Wildman–Crippen MR) is 96.6 cm³/mol. The Morgan fingerprint density at radius 3 is 2.80 bits per heavy atom. The van der Waals surface area contributed by atoms with Gasteiger partial charge in [0.1, 0.15) is 11.8 Å². The number of hydrogen-bond donors (Lipinski definition) is 0. The summed E-state index contributed by atoms with van der Waals surface area (Å²) in [6, 6.07) is 11.1. The largest absolute Gasteiger partial charge is 0.467 e. The Kier molecular flexibility index (Phi) is 4.59. The number of hydrogen-bond acceptors (Lipinski definition) is 4. The van der Waals surface area contributed by atoms with Crippen molar-refractivity contribution < 1.29 is 9.21 Å². The summed E-state index contributed by atoms with van der Waals surface area (Å²) >= 11 is 6.11. The summed E-state index contributed by atoms with van der Waals surface area (Å²) in [7, 11) is 0. The van der Waals surface area contributed by atoms with E-state index in [9.17, 15) is 4.79 Å². The van der Waals surface area contributed by atoms with Gasteiger partial charge in [-0.15, -0.1) is 0 Å². The molecular formula is C19H20ClN3O2. The van der Waals surface area contributed by atoms with Crippen LogP contribution in [0.5, 0.6) is 0 Å². The number of furan rings is 1. The van der Waals surface area contributed by atoms with Crippen LogP contribution < -0.4 is 0 Å². The lowest BCUT2D eigenvalue weighted by Crippen LogP contribution is -2.36. The van der Waals surface area contributed by atoms with Gasteiger partial charge in [0.15, 0.2) is 0 Å². The van der Waals surface area contributed by atoms with Crippen LogP contribution in [-0.2, 0) is 4.79 Å². The summed E-state index contributed by atoms with van der Waals surface area (Å²) < 4.78 is 5.57. The number of likely N-dealkylation sites (tertiary alicyclic amines) is 1. The monoisotopic (exact) mass is 357 g/mol. The van der Waals surface area contributed by atoms with E-state index in [1.54, 1.807) is 11.3 Å². The Morgan fingerprint density at radius 1 is 1.24 bits per heavy atom. The zero-order valence-corrected chi connectivity index (χ0v) is 14.7. The standard InChI is InChI=1S/C19H20ClN3O2/c20-15-6-3-5-14(11-15)16-12-17(18-7-4-10-25-18)23(21-16)19(24)13-22-8-1-2-9-22/h3-7,10-11,17H,1-2,8-9,12-13H2. The molecular weight excluding hydrogens is 338 g/mol. The van der Waals surface area contributed by atoms with Gasteiger partial charge in [-0.2, -0.15) is 5.10 Å². The van der Waals surface area contributed by atoms with Crippen molar-refractivity contribution >= 4 is 23.2 Å². The molecule has 0 bridgehead atoms. The molecule has 2 aliphatic heterocycles. The molecule has 5 nitrogen and oxygen atoms in total. The molecule has 0 spiro atoms. The van der Waals surface area contributed by atoms with Gasteiger partial charge in [-0.1, -0.05) is 23.7 Å². The molecule has 0 aliphatic carbocycles. The van der Waals surface area contributed by atoms with E-state index in [2.05, 4.69) is 10.0 Å². The van der Waals surface area contributed by atoms with Gasteiger partial charge in [0.2, 0.25) is 0 Å². The lowest BCUT2D eigenvalue weighted by Gasteiger charge is -2.22. The van der Waals surface area contributed by atoms with Gasteiger partial charge in [0.05, 0.1) is 18.5 Å². The van der Waals surface area contributed by atoms with Crippen LogP contribution in [0.4, 0.5) is 0 Å². The van der Waals surface area contributed by atoms with Crippen LogP contribution in [0.1, 0.15) is 36.6 Å². The molecule has 6 heteroatoms. The van der Waals surface area contributed by atoms with Crippen LogP contribution in [0.25, 0.3) is 0 Å². The van der Waals surface area contributed by atoms with Crippen LogP contribution in [-0.4, -0.2) is 41.2 Å². The molecule has 1 atom stereocenters. The van der Waals surface area contributed by atoms with E-state index in [-0.39, 0.29) is 11.9 Å². The van der Waals surface area contributed by atoms with Gasteiger partial charge >= 0.3 is 0 Å². The minimum Gasteiger partial charge on any atom is -0.467 e. The van der Waals surface area contributed by atoms with Crippen molar-refractivity contribution in [1.82, 2.24) is 9.91 Å². The van der Waals surface area contributed by atoms with Gasteiger partial charge in [0.25, 0.3) is 5.91 Å². The highest BCUT2D eigenvalue weighted by atomic mass is 35.5. The van der Waals surface area contributed by atoms with Crippen LogP contribution in [0, 0.1) is 0 Å². The number of amides is 1. The molecule has 25 heavy (non-hydrogen) atoms. The number of carbonyl (C=O) groups excluding carboxylic acids is 1. The summed E-state index contributed by atoms with van der Waals surface area (Å²) in [5, 5.41) is 6.89. The van der Waals surface area contributed by atoms with Crippen molar-refractivity contribution in [3.63, 3.8) is 0 Å². The minimum absolute atomic E-state index is 0.0142. The number of rotatable bonds is 4. The molecule has 130 valence electrons. The molecule has 0 saturated carbocycles. The van der Waals surface area contributed by atoms with Crippen molar-refractivity contribution in [1.29, 1.82) is 0 Å². The van der Waals surface area contributed by atoms with E-state index < -0.39 is 0 Å². The second kappa shape index (κ2) is 7.02. The molecule has 3 heterocycles. The molecule has 2 aliphatic rings. The Hall–Kier alpha value is -2.11. The van der Waals surface area contributed by atoms with Crippen molar-refractivity contribution in [3.8, 4) is 0 Å². The van der Waals surface area contributed by atoms with Crippen LogP contribution >= 0.6 is 11.6 Å². The molecule has 2 aromatic rings. The van der Waals surface area contributed by atoms with Crippen LogP contribution in [0.2, 0.25) is 5.02 Å². The van der Waals surface area contributed by atoms with Gasteiger partial charge in [-0.3, -0.25) is 9.69 Å². The number of hydrazone groups is 1. The average Bonchev–Trinajstić information content (AvgIpc) is 3.35. The van der Waals surface area contributed by atoms with Gasteiger partial charge in [-0.05, 0) is 55.8 Å². The molecule has 0 N–H and O–H groups in total. The number of nitrogens with zero attached hydrogens (tertiary/aromatic N) is 3. The highest BCUT2D eigenvalue weighted by Crippen LogP contribution is 2.33. The van der Waals surface area contributed by atoms with Crippen molar-refractivity contribution in [3.05, 3.63) is 59.0 Å². The van der Waals surface area contributed by atoms with Gasteiger partial charge in [-0.25, -0.2) is 5.01 Å². The first kappa shape index (κ1) is 16.4. The second-order valence-electron chi connectivity index (χ2n) is 6.51. The fourth-order valence-electron chi connectivity index (χ4n) is 3.49. The van der Waals surface area contributed by atoms with E-state index in [0.717, 1.165) is 43.0 Å². The summed E-state index contributed by atoms with van der Waals surface area (Å²) in [6.07, 6.45) is 4.58. The summed E-state index contributed by atoms with van der Waals surface area (Å²) in [5.41, 5.74) is 1.80. The normalized spacial score (nSPS) is 20.9. The topological polar surface area (TPSA) is 49.1 Å². The first-order valence-corrected chi connectivity index (χ1v) is 9.00. The molecule has 4 rings (SSSR count). The minimum atomic E-state index is -0.195. The average molecular weight is 358 g/mol. The summed E-state index contributed by atoms with van der Waals surface area (Å²) in [4.78, 5) is 15.0. The second-order valence-corrected chi connectivity index (χ2v) is 6.95. The molecule has 1 aromatic heterocycles. The Morgan fingerprint density at radius 2 is 2.08 bits per heavy atom. The summed E-state index contributed by atoms with van der Waals surface area (Å²) in [5.74, 6) is 0.774. The maximum atomic E-state index is 12.9. The third-order valence-corrected chi connectivity index (χ3v) is 4.99. The maximum Gasteiger partial charge on any atom is 0.257 e. The first-order valence-electron chi connectivity index (χ1n) is 8.62. The molecule has 1 fully saturated rings. The molecule has 1 unspecified atom stereocenters. The smallest absolute Gasteiger partial charge is 0.257 e. The highest BCUT2D eigenvalue weighted by molar-refractivity contribution is 6.31. The van der Waals surface area contributed by atoms with Crippen molar-refractivity contribution in [2.24, 2.45) is 5.10 Å². The predicted octanol–water partition coefficient (Wildman–Crippen LogP) is 3.71. The Balaban J connectivity index is 1.60. The van der Waals surface area contributed by atoms with E-state index in [1.807, 2.05) is 36.4 Å². The van der Waals surface area contributed by atoms with Crippen molar-refractivity contribution in [2.45, 2.75) is 25.3 Å². The number of halogens is 1. The quantitative estimate of drug-likeness (QED) is 0.838. The van der Waals surface area contributed by atoms with Gasteiger partial charge in [0, 0.05) is 11.4 Å². The first-order chi connectivity index (χ1) is 12.2. The van der Waals surface area contributed by atoms with Gasteiger partial charge < -0.3 is 4.42 Å². The molecule has 0 radical (unpaired) electrons. The highest BCUT2D eigenvalue weighted by Gasteiger charge is 2.35. The zero-order valence-electron chi connectivity index (χ0n) is 13.9. The Labute approximate surface area is 151 Å². The third-order valence-electron chi connectivity index (χ3n) is 4.75. The SMILES string of the molecule is O=C(CN1CCCC1)N1N=C(c2cccc(Cl)c2)CC1c1ccco1. The maximum absolute atomic E-state index is 12.9. The summed E-state index contributed by atoms with van der Waals surface area (Å²) in [6.45, 7) is 2.37. The zero-order chi connectivity index (χ0) is 17.2. The van der Waals surface area contributed by atoms with E-state index in [1.165, 1.54) is 0 Å². The van der Waals surface area contributed by atoms with E-state index in [4.69, 9.17) is 16.0 Å². The molecule has 1 saturated heterocycles. The van der Waals surface area contributed by atoms with E-state index in [0.29, 0.717) is 18.0 Å². The third kappa shape index (κ3) is 3.48. The number of benzene rings is 1. The molecule has 1 aromatic carbocycles. The fourth-order valence-corrected chi connectivity index (χ4v) is 3.68.